The molecule has 2 amide bonds. The van der Waals surface area contributed by atoms with Crippen molar-refractivity contribution in [3.63, 3.8) is 0 Å². The molecule has 1 atom stereocenters. The van der Waals surface area contributed by atoms with Gasteiger partial charge in [-0.2, -0.15) is 0 Å². The highest BCUT2D eigenvalue weighted by molar-refractivity contribution is 7.10. The second-order valence-corrected chi connectivity index (χ2v) is 6.79. The zero-order valence-corrected chi connectivity index (χ0v) is 12.7. The maximum atomic E-state index is 12.3. The number of carboxylic acid groups (broad SMARTS) is 1. The fraction of sp³-hybridized carbons (Fsp3) is 0.600. The summed E-state index contributed by atoms with van der Waals surface area (Å²) in [5, 5.41) is 14.2. The van der Waals surface area contributed by atoms with Gasteiger partial charge < -0.3 is 15.3 Å². The van der Waals surface area contributed by atoms with Crippen LogP contribution in [0.2, 0.25) is 0 Å². The summed E-state index contributed by atoms with van der Waals surface area (Å²) in [7, 11) is 0. The van der Waals surface area contributed by atoms with Gasteiger partial charge >= 0.3 is 12.0 Å². The topological polar surface area (TPSA) is 69.6 Å². The number of carbonyl (C=O) groups excluding carboxylic acids is 1. The van der Waals surface area contributed by atoms with E-state index in [9.17, 15) is 9.59 Å². The van der Waals surface area contributed by atoms with Crippen molar-refractivity contribution in [2.45, 2.75) is 38.1 Å². The van der Waals surface area contributed by atoms with Gasteiger partial charge in [-0.1, -0.05) is 0 Å². The number of carboxylic acids is 1. The summed E-state index contributed by atoms with van der Waals surface area (Å²) in [6.07, 6.45) is 4.32. The van der Waals surface area contributed by atoms with Crippen LogP contribution in [0.15, 0.2) is 11.4 Å². The van der Waals surface area contributed by atoms with Crippen molar-refractivity contribution in [3.05, 3.63) is 21.9 Å². The number of aliphatic carboxylic acids is 1. The van der Waals surface area contributed by atoms with E-state index in [0.29, 0.717) is 25.9 Å². The predicted molar refractivity (Wildman–Crippen MR) is 80.5 cm³/mol. The number of nitrogens with zero attached hydrogens (tertiary/aromatic N) is 1. The van der Waals surface area contributed by atoms with Crippen molar-refractivity contribution in [3.8, 4) is 0 Å². The number of likely N-dealkylation sites (tertiary alicyclic amines) is 1. The quantitative estimate of drug-likeness (QED) is 0.882. The number of urea groups is 1. The molecule has 2 heterocycles. The van der Waals surface area contributed by atoms with Crippen molar-refractivity contribution >= 4 is 23.3 Å². The van der Waals surface area contributed by atoms with Crippen molar-refractivity contribution < 1.29 is 14.7 Å². The van der Waals surface area contributed by atoms with E-state index in [-0.39, 0.29) is 18.0 Å². The average molecular weight is 308 g/mol. The van der Waals surface area contributed by atoms with Crippen LogP contribution in [0.1, 0.15) is 42.2 Å². The fourth-order valence-corrected chi connectivity index (χ4v) is 4.19. The van der Waals surface area contributed by atoms with Crippen LogP contribution in [-0.2, 0) is 11.2 Å². The van der Waals surface area contributed by atoms with Gasteiger partial charge in [0.25, 0.3) is 0 Å². The maximum absolute atomic E-state index is 12.3. The third-order valence-electron chi connectivity index (χ3n) is 4.48. The summed E-state index contributed by atoms with van der Waals surface area (Å²) in [4.78, 5) is 26.4. The number of carbonyl (C=O) groups is 2. The van der Waals surface area contributed by atoms with Crippen molar-refractivity contribution in [1.82, 2.24) is 10.2 Å². The summed E-state index contributed by atoms with van der Waals surface area (Å²) in [6.45, 7) is 1.07. The highest BCUT2D eigenvalue weighted by atomic mass is 32.1. The lowest BCUT2D eigenvalue weighted by Crippen LogP contribution is -2.46. The second kappa shape index (κ2) is 6.05. The first-order valence-electron chi connectivity index (χ1n) is 7.49. The molecule has 2 aliphatic rings. The molecule has 3 rings (SSSR count). The highest BCUT2D eigenvalue weighted by Crippen LogP contribution is 2.33. The van der Waals surface area contributed by atoms with E-state index in [4.69, 9.17) is 5.11 Å². The van der Waals surface area contributed by atoms with Crippen LogP contribution >= 0.6 is 11.3 Å². The Labute approximate surface area is 128 Å². The van der Waals surface area contributed by atoms with Gasteiger partial charge in [0.1, 0.15) is 0 Å². The lowest BCUT2D eigenvalue weighted by molar-refractivity contribution is -0.143. The minimum atomic E-state index is -0.745. The van der Waals surface area contributed by atoms with Crippen LogP contribution in [0, 0.1) is 5.92 Å². The number of hydrogen-bond acceptors (Lipinski definition) is 3. The van der Waals surface area contributed by atoms with Crippen LogP contribution < -0.4 is 5.32 Å². The van der Waals surface area contributed by atoms with Crippen LogP contribution in [0.3, 0.4) is 0 Å². The summed E-state index contributed by atoms with van der Waals surface area (Å²) < 4.78 is 0. The molecule has 0 radical (unpaired) electrons. The Morgan fingerprint density at radius 1 is 1.29 bits per heavy atom. The van der Waals surface area contributed by atoms with Gasteiger partial charge in [-0.3, -0.25) is 4.79 Å². The lowest BCUT2D eigenvalue weighted by Gasteiger charge is -2.32. The van der Waals surface area contributed by atoms with Gasteiger partial charge in [0.15, 0.2) is 0 Å². The van der Waals surface area contributed by atoms with Crippen LogP contribution in [0.5, 0.6) is 0 Å². The summed E-state index contributed by atoms with van der Waals surface area (Å²) in [5.74, 6) is -1.04. The normalized spacial score (nSPS) is 22.7. The number of thiophene rings is 1. The van der Waals surface area contributed by atoms with Gasteiger partial charge in [-0.15, -0.1) is 11.3 Å². The molecule has 0 bridgehead atoms. The number of fused-ring (bicyclic) bond motifs is 1. The predicted octanol–water partition coefficient (Wildman–Crippen LogP) is 2.63. The number of rotatable bonds is 2. The Morgan fingerprint density at radius 2 is 2.05 bits per heavy atom. The molecule has 1 aromatic heterocycles. The molecule has 1 aliphatic carbocycles. The second-order valence-electron chi connectivity index (χ2n) is 5.79. The largest absolute Gasteiger partial charge is 0.481 e. The zero-order valence-electron chi connectivity index (χ0n) is 11.9. The highest BCUT2D eigenvalue weighted by Gasteiger charge is 2.29. The lowest BCUT2D eigenvalue weighted by atomic mass is 9.94. The van der Waals surface area contributed by atoms with Crippen LogP contribution in [-0.4, -0.2) is 35.1 Å². The van der Waals surface area contributed by atoms with Gasteiger partial charge in [-0.25, -0.2) is 4.79 Å². The summed E-state index contributed by atoms with van der Waals surface area (Å²) in [6, 6.07) is 2.17. The van der Waals surface area contributed by atoms with Crippen molar-refractivity contribution in [1.29, 1.82) is 0 Å². The monoisotopic (exact) mass is 308 g/mol. The van der Waals surface area contributed by atoms with E-state index >= 15 is 0 Å². The first-order valence-corrected chi connectivity index (χ1v) is 8.37. The van der Waals surface area contributed by atoms with Crippen LogP contribution in [0.4, 0.5) is 4.79 Å². The Bertz CT molecular complexity index is 535. The summed E-state index contributed by atoms with van der Waals surface area (Å²) in [5.41, 5.74) is 1.26. The third kappa shape index (κ3) is 3.05. The van der Waals surface area contributed by atoms with E-state index in [1.165, 1.54) is 10.4 Å². The minimum absolute atomic E-state index is 0.0529. The maximum Gasteiger partial charge on any atom is 0.317 e. The van der Waals surface area contributed by atoms with Crippen molar-refractivity contribution in [2.75, 3.05) is 13.1 Å². The van der Waals surface area contributed by atoms with Gasteiger partial charge in [-0.05, 0) is 49.1 Å². The summed E-state index contributed by atoms with van der Waals surface area (Å²) >= 11 is 1.77. The Balaban J connectivity index is 1.57. The van der Waals surface area contributed by atoms with E-state index in [1.54, 1.807) is 16.2 Å². The molecule has 1 aromatic rings. The molecule has 1 fully saturated rings. The average Bonchev–Trinajstić information content (AvgIpc) is 2.97. The SMILES string of the molecule is O=C(O)C1CCN(C(=O)NC2CCCc3sccc32)CC1. The van der Waals surface area contributed by atoms with Gasteiger partial charge in [0.2, 0.25) is 0 Å². The fourth-order valence-electron chi connectivity index (χ4n) is 3.21. The van der Waals surface area contributed by atoms with Crippen LogP contribution in [0.25, 0.3) is 0 Å². The smallest absolute Gasteiger partial charge is 0.317 e. The number of aryl methyl sites for hydroxylation is 1. The Hall–Kier alpha value is -1.56. The number of amides is 2. The standard InChI is InChI=1S/C15H20N2O3S/c18-14(19)10-4-7-17(8-5-10)15(20)16-12-2-1-3-13-11(12)6-9-21-13/h6,9-10,12H,1-5,7-8H2,(H,16,20)(H,18,19). The molecule has 0 saturated carbocycles. The number of nitrogens with one attached hydrogen (secondary N) is 1. The molecular formula is C15H20N2O3S. The first kappa shape index (κ1) is 14.4. The molecule has 1 aliphatic heterocycles. The van der Waals surface area contributed by atoms with E-state index in [2.05, 4.69) is 16.8 Å². The van der Waals surface area contributed by atoms with Crippen molar-refractivity contribution in [2.24, 2.45) is 5.92 Å². The minimum Gasteiger partial charge on any atom is -0.481 e. The van der Waals surface area contributed by atoms with Gasteiger partial charge in [0.05, 0.1) is 12.0 Å². The van der Waals surface area contributed by atoms with E-state index < -0.39 is 5.97 Å². The molecule has 2 N–H and O–H groups in total. The molecule has 5 nitrogen and oxygen atoms in total. The molecule has 1 unspecified atom stereocenters. The molecule has 0 aromatic carbocycles. The van der Waals surface area contributed by atoms with Gasteiger partial charge in [0, 0.05) is 18.0 Å². The Kier molecular flexibility index (Phi) is 4.14. The first-order chi connectivity index (χ1) is 10.1. The molecule has 6 heteroatoms. The van der Waals surface area contributed by atoms with E-state index in [0.717, 1.165) is 19.3 Å². The molecule has 0 spiro atoms. The zero-order chi connectivity index (χ0) is 14.8. The number of piperidine rings is 1. The third-order valence-corrected chi connectivity index (χ3v) is 5.48. The Morgan fingerprint density at radius 3 is 2.76 bits per heavy atom. The number of hydrogen-bond donors (Lipinski definition) is 2. The molecular weight excluding hydrogens is 288 g/mol. The van der Waals surface area contributed by atoms with E-state index in [1.807, 2.05) is 0 Å². The molecule has 114 valence electrons. The molecule has 21 heavy (non-hydrogen) atoms. The molecule has 1 saturated heterocycles.